The lowest BCUT2D eigenvalue weighted by Gasteiger charge is -2.08. The molecule has 2 aromatic rings. The Labute approximate surface area is 131 Å². The first-order valence-corrected chi connectivity index (χ1v) is 7.91. The summed E-state index contributed by atoms with van der Waals surface area (Å²) >= 11 is 0. The smallest absolute Gasteiger partial charge is 0.339 e. The van der Waals surface area contributed by atoms with Crippen molar-refractivity contribution < 1.29 is 30.9 Å². The van der Waals surface area contributed by atoms with Crippen LogP contribution in [0.2, 0.25) is 0 Å². The van der Waals surface area contributed by atoms with E-state index in [0.717, 1.165) is 24.3 Å². The molecule has 2 rings (SSSR count). The Kier molecular flexibility index (Phi) is 4.95. The second-order valence-electron chi connectivity index (χ2n) is 4.36. The van der Waals surface area contributed by atoms with Crippen molar-refractivity contribution in [2.75, 3.05) is 6.61 Å². The molecule has 23 heavy (non-hydrogen) atoms. The number of carbonyl (C=O) groups excluding carboxylic acids is 1. The summed E-state index contributed by atoms with van der Waals surface area (Å²) in [6.45, 7) is 1.83. The fourth-order valence-corrected chi connectivity index (χ4v) is 2.62. The summed E-state index contributed by atoms with van der Waals surface area (Å²) in [6, 6.07) is 7.00. The molecule has 0 N–H and O–H groups in total. The first-order valence-electron chi connectivity index (χ1n) is 6.50. The van der Waals surface area contributed by atoms with Gasteiger partial charge in [-0.1, -0.05) is 0 Å². The Balaban J connectivity index is 2.24. The number of hydrogen-bond acceptors (Lipinski definition) is 5. The summed E-state index contributed by atoms with van der Waals surface area (Å²) in [6.07, 6.45) is 0. The minimum Gasteiger partial charge on any atom is -0.462 e. The van der Waals surface area contributed by atoms with Crippen LogP contribution in [0.15, 0.2) is 47.4 Å². The molecule has 0 saturated heterocycles. The van der Waals surface area contributed by atoms with Gasteiger partial charge in [0.2, 0.25) is 0 Å². The average molecular weight is 342 g/mol. The zero-order valence-corrected chi connectivity index (χ0v) is 12.8. The van der Waals surface area contributed by atoms with Crippen LogP contribution >= 0.6 is 0 Å². The van der Waals surface area contributed by atoms with Crippen molar-refractivity contribution in [1.82, 2.24) is 0 Å². The summed E-state index contributed by atoms with van der Waals surface area (Å²) in [7, 11) is -4.32. The maximum absolute atomic E-state index is 13.5. The Morgan fingerprint density at radius 1 is 1.09 bits per heavy atom. The third-order valence-electron chi connectivity index (χ3n) is 2.75. The van der Waals surface area contributed by atoms with Gasteiger partial charge >= 0.3 is 16.1 Å². The monoisotopic (exact) mass is 342 g/mol. The summed E-state index contributed by atoms with van der Waals surface area (Å²) in [4.78, 5) is 11.2. The second kappa shape index (κ2) is 6.74. The number of hydrogen-bond donors (Lipinski definition) is 0. The summed E-state index contributed by atoms with van der Waals surface area (Å²) in [5.41, 5.74) is 0.166. The number of rotatable bonds is 5. The molecular formula is C15H12F2O5S. The van der Waals surface area contributed by atoms with Gasteiger partial charge in [-0.15, -0.1) is 0 Å². The molecule has 0 bridgehead atoms. The molecule has 0 radical (unpaired) electrons. The van der Waals surface area contributed by atoms with Crippen LogP contribution < -0.4 is 4.18 Å². The molecule has 8 heteroatoms. The predicted octanol–water partition coefficient (Wildman–Crippen LogP) is 2.91. The van der Waals surface area contributed by atoms with E-state index in [1.165, 1.54) is 12.1 Å². The lowest BCUT2D eigenvalue weighted by atomic mass is 10.2. The van der Waals surface area contributed by atoms with Gasteiger partial charge in [0.05, 0.1) is 12.2 Å². The maximum atomic E-state index is 13.5. The minimum atomic E-state index is -4.32. The first-order chi connectivity index (χ1) is 10.8. The molecule has 0 amide bonds. The molecule has 0 saturated carbocycles. The fraction of sp³-hybridized carbons (Fsp3) is 0.133. The van der Waals surface area contributed by atoms with Crippen molar-refractivity contribution >= 4 is 16.1 Å². The van der Waals surface area contributed by atoms with E-state index >= 15 is 0 Å². The van der Waals surface area contributed by atoms with Crippen molar-refractivity contribution in [3.05, 3.63) is 59.7 Å². The Morgan fingerprint density at radius 2 is 1.74 bits per heavy atom. The highest BCUT2D eigenvalue weighted by molar-refractivity contribution is 7.87. The molecule has 5 nitrogen and oxygen atoms in total. The molecule has 0 atom stereocenters. The van der Waals surface area contributed by atoms with E-state index in [4.69, 9.17) is 4.74 Å². The zero-order valence-electron chi connectivity index (χ0n) is 12.0. The van der Waals surface area contributed by atoms with Crippen molar-refractivity contribution in [2.45, 2.75) is 11.8 Å². The summed E-state index contributed by atoms with van der Waals surface area (Å²) < 4.78 is 59.8. The van der Waals surface area contributed by atoms with Crippen molar-refractivity contribution in [3.8, 4) is 5.75 Å². The molecule has 2 aromatic carbocycles. The predicted molar refractivity (Wildman–Crippen MR) is 76.6 cm³/mol. The number of ether oxygens (including phenoxy) is 1. The molecule has 0 fully saturated rings. The van der Waals surface area contributed by atoms with Gasteiger partial charge in [-0.3, -0.25) is 0 Å². The van der Waals surface area contributed by atoms with Crippen LogP contribution in [0, 0.1) is 11.6 Å². The molecule has 0 heterocycles. The molecule has 0 aliphatic rings. The van der Waals surface area contributed by atoms with E-state index in [9.17, 15) is 22.0 Å². The van der Waals surface area contributed by atoms with Gasteiger partial charge in [0.15, 0.2) is 11.6 Å². The van der Waals surface area contributed by atoms with Gasteiger partial charge < -0.3 is 8.92 Å². The number of esters is 1. The second-order valence-corrected chi connectivity index (χ2v) is 5.90. The van der Waals surface area contributed by atoms with Gasteiger partial charge in [0.25, 0.3) is 0 Å². The van der Waals surface area contributed by atoms with Crippen LogP contribution in [0.3, 0.4) is 0 Å². The van der Waals surface area contributed by atoms with E-state index in [-0.39, 0.29) is 17.1 Å². The van der Waals surface area contributed by atoms with Crippen LogP contribution in [0.4, 0.5) is 8.78 Å². The van der Waals surface area contributed by atoms with E-state index in [0.29, 0.717) is 6.07 Å². The Bertz CT molecular complexity index is 816. The van der Waals surface area contributed by atoms with Crippen molar-refractivity contribution in [3.63, 3.8) is 0 Å². The Hall–Kier alpha value is -2.48. The molecule has 122 valence electrons. The van der Waals surface area contributed by atoms with E-state index in [2.05, 4.69) is 4.18 Å². The van der Waals surface area contributed by atoms with Crippen LogP contribution in [0.5, 0.6) is 5.75 Å². The highest BCUT2D eigenvalue weighted by atomic mass is 32.2. The SMILES string of the molecule is CCOC(=O)c1ccc(S(=O)(=O)Oc2ccc(F)cc2F)cc1. The maximum Gasteiger partial charge on any atom is 0.339 e. The molecular weight excluding hydrogens is 330 g/mol. The molecule has 0 aliphatic carbocycles. The third kappa shape index (κ3) is 4.04. The van der Waals surface area contributed by atoms with Gasteiger partial charge in [-0.25, -0.2) is 13.6 Å². The minimum absolute atomic E-state index is 0.166. The van der Waals surface area contributed by atoms with Crippen LogP contribution in [-0.4, -0.2) is 21.0 Å². The molecule has 0 aromatic heterocycles. The van der Waals surface area contributed by atoms with Crippen molar-refractivity contribution in [1.29, 1.82) is 0 Å². The van der Waals surface area contributed by atoms with Crippen molar-refractivity contribution in [2.24, 2.45) is 0 Å². The highest BCUT2D eigenvalue weighted by Gasteiger charge is 2.20. The number of benzene rings is 2. The Morgan fingerprint density at radius 3 is 2.30 bits per heavy atom. The summed E-state index contributed by atoms with van der Waals surface area (Å²) in [5.74, 6) is -3.22. The lowest BCUT2D eigenvalue weighted by Crippen LogP contribution is -2.11. The normalized spacial score (nSPS) is 11.1. The topological polar surface area (TPSA) is 69.7 Å². The van der Waals surface area contributed by atoms with E-state index in [1.54, 1.807) is 6.92 Å². The standard InChI is InChI=1S/C15H12F2O5S/c1-2-21-15(18)10-3-6-12(7-4-10)23(19,20)22-14-8-5-11(16)9-13(14)17/h3-9H,2H2,1H3. The average Bonchev–Trinajstić information content (AvgIpc) is 2.50. The van der Waals surface area contributed by atoms with Crippen LogP contribution in [0.1, 0.15) is 17.3 Å². The number of carbonyl (C=O) groups is 1. The summed E-state index contributed by atoms with van der Waals surface area (Å²) in [5, 5.41) is 0. The van der Waals surface area contributed by atoms with Gasteiger partial charge in [-0.05, 0) is 43.3 Å². The largest absolute Gasteiger partial charge is 0.462 e. The molecule has 0 aliphatic heterocycles. The number of halogens is 2. The van der Waals surface area contributed by atoms with E-state index in [1.807, 2.05) is 0 Å². The van der Waals surface area contributed by atoms with Gasteiger partial charge in [0.1, 0.15) is 10.7 Å². The fourth-order valence-electron chi connectivity index (χ4n) is 1.68. The quantitative estimate of drug-likeness (QED) is 0.617. The first kappa shape index (κ1) is 16.9. The lowest BCUT2D eigenvalue weighted by molar-refractivity contribution is 0.0526. The van der Waals surface area contributed by atoms with Gasteiger partial charge in [0, 0.05) is 6.07 Å². The van der Waals surface area contributed by atoms with Gasteiger partial charge in [-0.2, -0.15) is 8.42 Å². The molecule has 0 spiro atoms. The third-order valence-corrected chi connectivity index (χ3v) is 4.00. The highest BCUT2D eigenvalue weighted by Crippen LogP contribution is 2.23. The van der Waals surface area contributed by atoms with E-state index < -0.39 is 33.5 Å². The van der Waals surface area contributed by atoms with Crippen LogP contribution in [-0.2, 0) is 14.9 Å². The zero-order chi connectivity index (χ0) is 17.0. The molecule has 0 unspecified atom stereocenters. The van der Waals surface area contributed by atoms with Crippen LogP contribution in [0.25, 0.3) is 0 Å².